The van der Waals surface area contributed by atoms with Crippen molar-refractivity contribution in [3.8, 4) is 11.8 Å². The summed E-state index contributed by atoms with van der Waals surface area (Å²) in [6, 6.07) is 9.71. The molecule has 2 aromatic carbocycles. The molecule has 2 aliphatic heterocycles. The van der Waals surface area contributed by atoms with Crippen LogP contribution in [0.2, 0.25) is 0 Å². The van der Waals surface area contributed by atoms with E-state index in [1.54, 1.807) is 60.7 Å². The average Bonchev–Trinajstić information content (AvgIpc) is 2.57. The van der Waals surface area contributed by atoms with E-state index in [-0.39, 0.29) is 63.0 Å². The van der Waals surface area contributed by atoms with Gasteiger partial charge in [-0.15, -0.1) is 0 Å². The lowest BCUT2D eigenvalue weighted by Crippen LogP contribution is -2.92. The summed E-state index contributed by atoms with van der Waals surface area (Å²) >= 11 is 0. The van der Waals surface area contributed by atoms with Gasteiger partial charge in [0, 0.05) is 52.0 Å². The van der Waals surface area contributed by atoms with Gasteiger partial charge in [-0.1, -0.05) is 102 Å². The molecule has 2 fully saturated rings. The van der Waals surface area contributed by atoms with E-state index in [1.807, 2.05) is 77.9 Å². The van der Waals surface area contributed by atoms with Crippen molar-refractivity contribution in [1.82, 2.24) is 35.6 Å². The van der Waals surface area contributed by atoms with E-state index in [0.717, 1.165) is 55.2 Å². The van der Waals surface area contributed by atoms with Crippen molar-refractivity contribution < 1.29 is 62.6 Å². The fourth-order valence-electron chi connectivity index (χ4n) is 11.2. The Bertz CT molecular complexity index is 2600. The number of carbonyl (C=O) groups excluding carboxylic acids is 8. The van der Waals surface area contributed by atoms with Crippen LogP contribution in [-0.2, 0) is 60.6 Å². The second-order valence-corrected chi connectivity index (χ2v) is 27.3. The highest BCUT2D eigenvalue weighted by molar-refractivity contribution is 5.95. The number of primary amides is 1. The highest BCUT2D eigenvalue weighted by atomic mass is 16.6. The lowest BCUT2D eigenvalue weighted by molar-refractivity contribution is -0.616. The lowest BCUT2D eigenvalue weighted by atomic mass is 9.85. The first-order valence-corrected chi connectivity index (χ1v) is 29.8. The zero-order valence-corrected chi connectivity index (χ0v) is 52.6. The van der Waals surface area contributed by atoms with Gasteiger partial charge in [0.15, 0.2) is 0 Å². The largest absolute Gasteiger partial charge is 0.444 e. The molecule has 462 valence electrons. The molecule has 0 unspecified atom stereocenters. The van der Waals surface area contributed by atoms with Crippen molar-refractivity contribution in [1.29, 1.82) is 0 Å². The van der Waals surface area contributed by atoms with Gasteiger partial charge in [0.1, 0.15) is 66.7 Å². The Labute approximate surface area is 497 Å². The number of quaternary nitrogens is 1. The van der Waals surface area contributed by atoms with Crippen LogP contribution < -0.4 is 21.3 Å². The van der Waals surface area contributed by atoms with E-state index in [0.29, 0.717) is 0 Å². The number of nitrogens with two attached hydrogens (primary N) is 1. The van der Waals surface area contributed by atoms with Crippen molar-refractivity contribution in [2.75, 3.05) is 40.4 Å². The first-order chi connectivity index (χ1) is 39.1. The third-order valence-corrected chi connectivity index (χ3v) is 16.2. The standard InChI is InChI=1S/C64H94N8O12/c1-39(69(15)59(79)83-63(9,10)11)53(73)67-51(61(3,4)5)57(77)71-37-43(35-49(71)55(75)65-47-31-23-27-41-25-17-19-29-45(41)47)81-33-21-22-34-82-44-36-50(56(76)66-48-32-24-28-42-26-18-20-30-46(42)48)72(38-44)58(78)52(62(6,7)8)68-54(74)40(2)70(16)60(80)84-64(12,13)14/h17-20,25-26,29-30,39-40,43-44,47-52H,23-24,27-28,31-38H2,1-16H3,(H,65,75)(H,66,76)(H,67,73)(H,68,74)/p+1/t39-,40-,43-,44-,47+,48+,49-,50-,51+,52+/m0/s1. The minimum Gasteiger partial charge on any atom is -0.444 e. The Hall–Kier alpha value is -6.56. The summed E-state index contributed by atoms with van der Waals surface area (Å²) in [5.74, 6) is 3.40. The van der Waals surface area contributed by atoms with Gasteiger partial charge in [0.25, 0.3) is 0 Å². The summed E-state index contributed by atoms with van der Waals surface area (Å²) < 4.78 is 23.6. The monoisotopic (exact) mass is 1170 g/mol. The normalized spacial score (nSPS) is 22.1. The van der Waals surface area contributed by atoms with Gasteiger partial charge in [-0.3, -0.25) is 39.1 Å². The van der Waals surface area contributed by atoms with Crippen LogP contribution in [-0.4, -0.2) is 167 Å². The van der Waals surface area contributed by atoms with Crippen LogP contribution >= 0.6 is 0 Å². The van der Waals surface area contributed by atoms with Gasteiger partial charge in [-0.25, -0.2) is 14.4 Å². The van der Waals surface area contributed by atoms with Crippen LogP contribution in [0.5, 0.6) is 0 Å². The third-order valence-electron chi connectivity index (χ3n) is 16.2. The van der Waals surface area contributed by atoms with E-state index < -0.39 is 106 Å². The molecule has 6 rings (SSSR count). The van der Waals surface area contributed by atoms with Gasteiger partial charge in [-0.2, -0.15) is 0 Å². The SMILES string of the molecule is C[C@@H](C(=O)N[C@H](C(=O)N1C[C@@H](OCC#CCO[C@H]2C[C@@H](C(=O)[NH2+][C@@H]3CCCc4ccccc43)N(C(=O)[C@@H](NC(=O)[C@H](C)N(C)C(=O)OC(C)(C)C)C(C)(C)C)C2)C[C@H]1C(=O)N[C@@H]1CCCc2ccccc21)C(C)(C)C)N(C)C(=O)OC(C)(C)C. The molecular formula is C64H95N8O12+. The Kier molecular flexibility index (Phi) is 21.9. The zero-order valence-electron chi connectivity index (χ0n) is 52.6. The Morgan fingerprint density at radius 3 is 1.49 bits per heavy atom. The average molecular weight is 1170 g/mol. The highest BCUT2D eigenvalue weighted by Crippen LogP contribution is 2.34. The summed E-state index contributed by atoms with van der Waals surface area (Å²) in [7, 11) is 2.92. The first kappa shape index (κ1) is 66.6. The number of rotatable bonds is 16. The van der Waals surface area contributed by atoms with Crippen LogP contribution in [0, 0.1) is 22.7 Å². The van der Waals surface area contributed by atoms with Gasteiger partial charge in [-0.05, 0) is 115 Å². The molecular weight excluding hydrogens is 1070 g/mol. The first-order valence-electron chi connectivity index (χ1n) is 29.8. The number of benzene rings is 2. The van der Waals surface area contributed by atoms with E-state index in [1.165, 1.54) is 39.3 Å². The number of likely N-dealkylation sites (tertiary alicyclic amines) is 2. The molecule has 2 aliphatic carbocycles. The van der Waals surface area contributed by atoms with Crippen LogP contribution in [0.4, 0.5) is 9.59 Å². The van der Waals surface area contributed by atoms with E-state index in [4.69, 9.17) is 18.9 Å². The molecule has 0 radical (unpaired) electrons. The Balaban J connectivity index is 1.16. The molecule has 5 N–H and O–H groups in total. The smallest absolute Gasteiger partial charge is 0.410 e. The summed E-state index contributed by atoms with van der Waals surface area (Å²) in [5.41, 5.74) is 1.26. The number of hydrogen-bond donors (Lipinski definition) is 4. The molecule has 10 atom stereocenters. The second kappa shape index (κ2) is 27.6. The van der Waals surface area contributed by atoms with Crippen LogP contribution in [0.25, 0.3) is 0 Å². The van der Waals surface area contributed by atoms with E-state index >= 15 is 0 Å². The van der Waals surface area contributed by atoms with Crippen molar-refractivity contribution >= 4 is 47.6 Å². The number of ether oxygens (including phenoxy) is 4. The Morgan fingerprint density at radius 2 is 1.02 bits per heavy atom. The number of fused-ring (bicyclic) bond motifs is 2. The molecule has 84 heavy (non-hydrogen) atoms. The van der Waals surface area contributed by atoms with Crippen LogP contribution in [0.1, 0.15) is 170 Å². The number of nitrogens with zero attached hydrogens (tertiary/aromatic N) is 4. The summed E-state index contributed by atoms with van der Waals surface area (Å²) in [4.78, 5) is 118. The van der Waals surface area contributed by atoms with Gasteiger partial charge in [0.2, 0.25) is 29.5 Å². The molecule has 2 heterocycles. The fourth-order valence-corrected chi connectivity index (χ4v) is 11.2. The molecule has 0 saturated carbocycles. The molecule has 0 bridgehead atoms. The topological polar surface area (TPSA) is 239 Å². The van der Waals surface area contributed by atoms with Crippen molar-refractivity contribution in [2.45, 2.75) is 220 Å². The van der Waals surface area contributed by atoms with Crippen LogP contribution in [0.15, 0.2) is 48.5 Å². The van der Waals surface area contributed by atoms with E-state index in [2.05, 4.69) is 39.9 Å². The molecule has 20 heteroatoms. The minimum absolute atomic E-state index is 0.0341. The quantitative estimate of drug-likeness (QED) is 0.144. The number of carbonyl (C=O) groups is 8. The fraction of sp³-hybridized carbons (Fsp3) is 0.656. The number of likely N-dealkylation sites (N-methyl/N-ethyl adjacent to an activating group) is 2. The summed E-state index contributed by atoms with van der Waals surface area (Å²) in [5, 5.41) is 10.8. The van der Waals surface area contributed by atoms with Crippen LogP contribution in [0.3, 0.4) is 0 Å². The summed E-state index contributed by atoms with van der Waals surface area (Å²) in [6.45, 7) is 24.4. The van der Waals surface area contributed by atoms with Gasteiger partial charge < -0.3 is 44.7 Å². The molecule has 4 aliphatic rings. The van der Waals surface area contributed by atoms with E-state index in [9.17, 15) is 38.4 Å². The van der Waals surface area contributed by atoms with Crippen molar-refractivity contribution in [3.05, 3.63) is 70.8 Å². The number of amides is 8. The highest BCUT2D eigenvalue weighted by Gasteiger charge is 2.49. The Morgan fingerprint density at radius 1 is 0.607 bits per heavy atom. The van der Waals surface area contributed by atoms with Crippen molar-refractivity contribution in [2.24, 2.45) is 10.8 Å². The molecule has 2 aromatic rings. The molecule has 20 nitrogen and oxygen atoms in total. The van der Waals surface area contributed by atoms with Gasteiger partial charge in [0.05, 0.1) is 18.2 Å². The third kappa shape index (κ3) is 17.5. The lowest BCUT2D eigenvalue weighted by Gasteiger charge is -2.37. The maximum atomic E-state index is 14.9. The molecule has 8 amide bonds. The molecule has 0 spiro atoms. The summed E-state index contributed by atoms with van der Waals surface area (Å²) in [6.07, 6.45) is 2.89. The maximum Gasteiger partial charge on any atom is 0.410 e. The number of aryl methyl sites for hydroxylation is 2. The predicted molar refractivity (Wildman–Crippen MR) is 316 cm³/mol. The molecule has 0 aromatic heterocycles. The molecule has 2 saturated heterocycles. The number of nitrogens with one attached hydrogen (secondary N) is 3. The van der Waals surface area contributed by atoms with Gasteiger partial charge >= 0.3 is 18.1 Å². The number of hydrogen-bond acceptors (Lipinski definition) is 12. The maximum absolute atomic E-state index is 14.9. The second-order valence-electron chi connectivity index (χ2n) is 27.3. The predicted octanol–water partition coefficient (Wildman–Crippen LogP) is 5.90. The van der Waals surface area contributed by atoms with Crippen molar-refractivity contribution in [3.63, 3.8) is 0 Å². The zero-order chi connectivity index (χ0) is 62.2. The minimum atomic E-state index is -1.10.